The minimum Gasteiger partial charge on any atom is -0.454 e. The molecule has 0 saturated heterocycles. The van der Waals surface area contributed by atoms with E-state index in [2.05, 4.69) is 21.2 Å². The lowest BCUT2D eigenvalue weighted by molar-refractivity contribution is -0.124. The predicted molar refractivity (Wildman–Crippen MR) is 93.5 cm³/mol. The third-order valence-corrected chi connectivity index (χ3v) is 4.41. The Morgan fingerprint density at radius 2 is 1.96 bits per heavy atom. The first kappa shape index (κ1) is 17.3. The molecule has 0 bridgehead atoms. The maximum absolute atomic E-state index is 12.1. The summed E-state index contributed by atoms with van der Waals surface area (Å²) in [5.74, 6) is 0.0948. The van der Waals surface area contributed by atoms with Gasteiger partial charge in [0, 0.05) is 4.47 Å². The highest BCUT2D eigenvalue weighted by Gasteiger charge is 2.18. The molecular formula is C18H16BrNO5. The second-order valence-electron chi connectivity index (χ2n) is 5.45. The minimum absolute atomic E-state index is 0.128. The highest BCUT2D eigenvalue weighted by molar-refractivity contribution is 9.10. The van der Waals surface area contributed by atoms with Crippen LogP contribution >= 0.6 is 15.9 Å². The van der Waals surface area contributed by atoms with Crippen molar-refractivity contribution in [3.63, 3.8) is 0 Å². The van der Waals surface area contributed by atoms with Crippen LogP contribution in [0.1, 0.15) is 28.9 Å². The van der Waals surface area contributed by atoms with Crippen LogP contribution in [0.5, 0.6) is 11.5 Å². The van der Waals surface area contributed by atoms with Crippen LogP contribution in [-0.2, 0) is 9.53 Å². The van der Waals surface area contributed by atoms with Crippen LogP contribution in [0, 0.1) is 0 Å². The fraction of sp³-hybridized carbons (Fsp3) is 0.222. The van der Waals surface area contributed by atoms with E-state index in [9.17, 15) is 9.59 Å². The zero-order valence-electron chi connectivity index (χ0n) is 13.5. The molecular weight excluding hydrogens is 390 g/mol. The first-order chi connectivity index (χ1) is 12.0. The zero-order chi connectivity index (χ0) is 17.8. The molecule has 1 heterocycles. The number of benzene rings is 2. The molecule has 6 nitrogen and oxygen atoms in total. The van der Waals surface area contributed by atoms with Gasteiger partial charge >= 0.3 is 5.97 Å². The van der Waals surface area contributed by atoms with Crippen molar-refractivity contribution >= 4 is 27.8 Å². The van der Waals surface area contributed by atoms with E-state index in [0.29, 0.717) is 17.1 Å². The van der Waals surface area contributed by atoms with Crippen LogP contribution in [-0.4, -0.2) is 25.3 Å². The molecule has 25 heavy (non-hydrogen) atoms. The van der Waals surface area contributed by atoms with Crippen LogP contribution in [0.25, 0.3) is 0 Å². The van der Waals surface area contributed by atoms with E-state index in [0.717, 1.165) is 10.0 Å². The number of amides is 1. The van der Waals surface area contributed by atoms with Crippen LogP contribution < -0.4 is 14.8 Å². The van der Waals surface area contributed by atoms with Gasteiger partial charge in [0.25, 0.3) is 5.91 Å². The fourth-order valence-electron chi connectivity index (χ4n) is 2.43. The van der Waals surface area contributed by atoms with E-state index in [1.165, 1.54) is 6.07 Å². The Bertz CT molecular complexity index is 808. The van der Waals surface area contributed by atoms with Gasteiger partial charge in [-0.2, -0.15) is 0 Å². The summed E-state index contributed by atoms with van der Waals surface area (Å²) in [6, 6.07) is 12.1. The number of rotatable bonds is 5. The summed E-state index contributed by atoms with van der Waals surface area (Å²) in [6.45, 7) is 1.63. The van der Waals surface area contributed by atoms with E-state index in [-0.39, 0.29) is 25.3 Å². The monoisotopic (exact) mass is 405 g/mol. The number of carbonyl (C=O) groups is 2. The van der Waals surface area contributed by atoms with Gasteiger partial charge in [-0.05, 0) is 36.8 Å². The normalized spacial score (nSPS) is 13.2. The zero-order valence-corrected chi connectivity index (χ0v) is 15.0. The summed E-state index contributed by atoms with van der Waals surface area (Å²) >= 11 is 3.45. The van der Waals surface area contributed by atoms with E-state index in [1.807, 2.05) is 31.2 Å². The second kappa shape index (κ2) is 7.57. The lowest BCUT2D eigenvalue weighted by Crippen LogP contribution is -2.31. The Labute approximate surface area is 153 Å². The Hall–Kier alpha value is -2.54. The van der Waals surface area contributed by atoms with Crippen LogP contribution in [0.3, 0.4) is 0 Å². The van der Waals surface area contributed by atoms with Crippen molar-refractivity contribution in [2.24, 2.45) is 0 Å². The molecule has 0 spiro atoms. The third kappa shape index (κ3) is 4.11. The highest BCUT2D eigenvalue weighted by Crippen LogP contribution is 2.32. The van der Waals surface area contributed by atoms with E-state index < -0.39 is 5.97 Å². The first-order valence-electron chi connectivity index (χ1n) is 7.65. The van der Waals surface area contributed by atoms with Crippen molar-refractivity contribution in [1.82, 2.24) is 5.32 Å². The van der Waals surface area contributed by atoms with E-state index in [4.69, 9.17) is 14.2 Å². The van der Waals surface area contributed by atoms with Crippen LogP contribution in [0.15, 0.2) is 46.9 Å². The summed E-state index contributed by atoms with van der Waals surface area (Å²) in [7, 11) is 0. The number of carbonyl (C=O) groups excluding carboxylic acids is 2. The molecule has 2 aromatic carbocycles. The summed E-state index contributed by atoms with van der Waals surface area (Å²) in [5.41, 5.74) is 1.24. The maximum atomic E-state index is 12.1. The Kier molecular flexibility index (Phi) is 5.23. The maximum Gasteiger partial charge on any atom is 0.338 e. The molecule has 0 fully saturated rings. The average molecular weight is 406 g/mol. The Morgan fingerprint density at radius 1 is 1.20 bits per heavy atom. The van der Waals surface area contributed by atoms with Crippen LogP contribution in [0.4, 0.5) is 0 Å². The standard InChI is InChI=1S/C18H16BrNO5/c1-11(13-4-2-3-5-14(13)19)20-17(21)9-23-18(22)12-6-7-15-16(8-12)25-10-24-15/h2-8,11H,9-10H2,1H3,(H,20,21)/t11-/m0/s1. The fourth-order valence-corrected chi connectivity index (χ4v) is 3.05. The number of fused-ring (bicyclic) bond motifs is 1. The van der Waals surface area contributed by atoms with Gasteiger partial charge in [-0.15, -0.1) is 0 Å². The molecule has 0 aliphatic carbocycles. The lowest BCUT2D eigenvalue weighted by Gasteiger charge is -2.15. The summed E-state index contributed by atoms with van der Waals surface area (Å²) in [6.07, 6.45) is 0. The Balaban J connectivity index is 1.53. The van der Waals surface area contributed by atoms with Gasteiger partial charge in [-0.25, -0.2) is 4.79 Å². The number of hydrogen-bond donors (Lipinski definition) is 1. The summed E-state index contributed by atoms with van der Waals surface area (Å²) < 4.78 is 16.4. The number of esters is 1. The molecule has 0 unspecified atom stereocenters. The molecule has 2 aromatic rings. The lowest BCUT2D eigenvalue weighted by atomic mass is 10.1. The largest absolute Gasteiger partial charge is 0.454 e. The van der Waals surface area contributed by atoms with Gasteiger partial charge in [0.15, 0.2) is 18.1 Å². The molecule has 1 atom stereocenters. The van der Waals surface area contributed by atoms with Gasteiger partial charge < -0.3 is 19.5 Å². The van der Waals surface area contributed by atoms with Crippen molar-refractivity contribution in [2.45, 2.75) is 13.0 Å². The van der Waals surface area contributed by atoms with Crippen molar-refractivity contribution < 1.29 is 23.8 Å². The average Bonchev–Trinajstić information content (AvgIpc) is 3.07. The second-order valence-corrected chi connectivity index (χ2v) is 6.31. The van der Waals surface area contributed by atoms with E-state index in [1.54, 1.807) is 12.1 Å². The molecule has 3 rings (SSSR count). The summed E-state index contributed by atoms with van der Waals surface area (Å²) in [5, 5.41) is 2.79. The van der Waals surface area contributed by atoms with Gasteiger partial charge in [0.1, 0.15) is 0 Å². The predicted octanol–water partition coefficient (Wildman–Crippen LogP) is 3.21. The molecule has 130 valence electrons. The third-order valence-electron chi connectivity index (χ3n) is 3.69. The molecule has 0 radical (unpaired) electrons. The minimum atomic E-state index is -0.595. The molecule has 0 saturated carbocycles. The number of nitrogens with one attached hydrogen (secondary N) is 1. The Morgan fingerprint density at radius 3 is 2.76 bits per heavy atom. The molecule has 0 aromatic heterocycles. The van der Waals surface area contributed by atoms with Crippen LogP contribution in [0.2, 0.25) is 0 Å². The van der Waals surface area contributed by atoms with E-state index >= 15 is 0 Å². The topological polar surface area (TPSA) is 73.9 Å². The van der Waals surface area contributed by atoms with Crippen molar-refractivity contribution in [2.75, 3.05) is 13.4 Å². The van der Waals surface area contributed by atoms with Crippen molar-refractivity contribution in [1.29, 1.82) is 0 Å². The van der Waals surface area contributed by atoms with Gasteiger partial charge in [-0.3, -0.25) is 4.79 Å². The number of halogens is 1. The van der Waals surface area contributed by atoms with Gasteiger partial charge in [0.05, 0.1) is 11.6 Å². The molecule has 1 aliphatic heterocycles. The smallest absolute Gasteiger partial charge is 0.338 e. The molecule has 7 heteroatoms. The molecule has 1 aliphatic rings. The number of ether oxygens (including phenoxy) is 3. The quantitative estimate of drug-likeness (QED) is 0.773. The number of hydrogen-bond acceptors (Lipinski definition) is 5. The molecule has 1 N–H and O–H groups in total. The SMILES string of the molecule is C[C@H](NC(=O)COC(=O)c1ccc2c(c1)OCO2)c1ccccc1Br. The van der Waals surface area contributed by atoms with Gasteiger partial charge in [-0.1, -0.05) is 34.1 Å². The summed E-state index contributed by atoms with van der Waals surface area (Å²) in [4.78, 5) is 24.1. The van der Waals surface area contributed by atoms with Gasteiger partial charge in [0.2, 0.25) is 6.79 Å². The van der Waals surface area contributed by atoms with Crippen molar-refractivity contribution in [3.05, 3.63) is 58.1 Å². The molecule has 1 amide bonds. The first-order valence-corrected chi connectivity index (χ1v) is 8.44. The van der Waals surface area contributed by atoms with Crippen molar-refractivity contribution in [3.8, 4) is 11.5 Å². The highest BCUT2D eigenvalue weighted by atomic mass is 79.9.